The number of nitrogens with one attached hydrogen (secondary N) is 1. The summed E-state index contributed by atoms with van der Waals surface area (Å²) in [6.07, 6.45) is 2.47. The van der Waals surface area contributed by atoms with Gasteiger partial charge in [-0.3, -0.25) is 0 Å². The third-order valence-electron chi connectivity index (χ3n) is 3.88. The molecule has 0 unspecified atom stereocenters. The zero-order chi connectivity index (χ0) is 15.5. The van der Waals surface area contributed by atoms with E-state index in [1.54, 1.807) is 0 Å². The topological polar surface area (TPSA) is 71.3 Å². The van der Waals surface area contributed by atoms with Crippen LogP contribution in [-0.2, 0) is 0 Å². The maximum Gasteiger partial charge on any atom is 0.321 e. The van der Waals surface area contributed by atoms with E-state index >= 15 is 0 Å². The number of hydrogen-bond donors (Lipinski definition) is 1. The molecule has 1 aliphatic heterocycles. The summed E-state index contributed by atoms with van der Waals surface area (Å²) in [5, 5.41) is 10.5. The van der Waals surface area contributed by atoms with Crippen LogP contribution in [0.2, 0.25) is 0 Å². The number of carbonyl (C=O) groups is 1. The lowest BCUT2D eigenvalue weighted by Gasteiger charge is -2.34. The van der Waals surface area contributed by atoms with E-state index in [1.807, 2.05) is 29.2 Å². The summed E-state index contributed by atoms with van der Waals surface area (Å²) >= 11 is 0. The van der Waals surface area contributed by atoms with Crippen molar-refractivity contribution in [1.82, 2.24) is 15.1 Å². The minimum absolute atomic E-state index is 0.0546. The fourth-order valence-corrected chi connectivity index (χ4v) is 3.06. The maximum absolute atomic E-state index is 12.4. The van der Waals surface area contributed by atoms with Gasteiger partial charge in [0, 0.05) is 24.3 Å². The van der Waals surface area contributed by atoms with Crippen LogP contribution < -0.4 is 5.32 Å². The van der Waals surface area contributed by atoms with Gasteiger partial charge in [-0.2, -0.15) is 0 Å². The number of piperidine rings is 1. The number of hydrogen-bond acceptors (Lipinski definition) is 4. The summed E-state index contributed by atoms with van der Waals surface area (Å²) in [6.45, 7) is 5.98. The summed E-state index contributed by atoms with van der Waals surface area (Å²) in [7, 11) is 0. The number of urea groups is 1. The Morgan fingerprint density at radius 1 is 1.32 bits per heavy atom. The molecular weight excluding hydrogens is 280 g/mol. The van der Waals surface area contributed by atoms with Crippen LogP contribution >= 0.6 is 0 Å². The predicted molar refractivity (Wildman–Crippen MR) is 83.3 cm³/mol. The average molecular weight is 300 g/mol. The number of carbonyl (C=O) groups excluding carboxylic acids is 1. The minimum atomic E-state index is -0.0546. The van der Waals surface area contributed by atoms with E-state index in [2.05, 4.69) is 29.4 Å². The standard InChI is InChI=1S/C16H20N4O2/c1-11-6-12(2)9-20(8-11)16(21)18-14-5-3-4-13(7-14)15-19-17-10-22-15/h3-5,7,10-12H,6,8-9H2,1-2H3,(H,18,21)/t11-,12+. The summed E-state index contributed by atoms with van der Waals surface area (Å²) in [6, 6.07) is 7.36. The Hall–Kier alpha value is -2.37. The van der Waals surface area contributed by atoms with E-state index in [4.69, 9.17) is 4.42 Å². The second kappa shape index (κ2) is 6.17. The highest BCUT2D eigenvalue weighted by Crippen LogP contribution is 2.23. The molecule has 0 aliphatic carbocycles. The number of anilines is 1. The van der Waals surface area contributed by atoms with Crippen molar-refractivity contribution < 1.29 is 9.21 Å². The molecule has 1 N–H and O–H groups in total. The van der Waals surface area contributed by atoms with Gasteiger partial charge in [-0.1, -0.05) is 19.9 Å². The van der Waals surface area contributed by atoms with Crippen molar-refractivity contribution in [1.29, 1.82) is 0 Å². The highest BCUT2D eigenvalue weighted by molar-refractivity contribution is 5.90. The lowest BCUT2D eigenvalue weighted by atomic mass is 9.92. The number of nitrogens with zero attached hydrogens (tertiary/aromatic N) is 3. The molecule has 2 aromatic rings. The van der Waals surface area contributed by atoms with Crippen LogP contribution in [0.4, 0.5) is 10.5 Å². The van der Waals surface area contributed by atoms with Crippen LogP contribution in [0, 0.1) is 11.8 Å². The van der Waals surface area contributed by atoms with E-state index in [1.165, 1.54) is 12.8 Å². The molecule has 1 fully saturated rings. The maximum atomic E-state index is 12.4. The third kappa shape index (κ3) is 3.27. The van der Waals surface area contributed by atoms with Crippen LogP contribution in [-0.4, -0.2) is 34.2 Å². The van der Waals surface area contributed by atoms with Crippen LogP contribution in [0.1, 0.15) is 20.3 Å². The van der Waals surface area contributed by atoms with Crippen molar-refractivity contribution in [2.45, 2.75) is 20.3 Å². The largest absolute Gasteiger partial charge is 0.423 e. The lowest BCUT2D eigenvalue weighted by molar-refractivity contribution is 0.156. The average Bonchev–Trinajstić information content (AvgIpc) is 3.00. The monoisotopic (exact) mass is 300 g/mol. The van der Waals surface area contributed by atoms with Crippen molar-refractivity contribution in [2.75, 3.05) is 18.4 Å². The highest BCUT2D eigenvalue weighted by atomic mass is 16.4. The van der Waals surface area contributed by atoms with Gasteiger partial charge in [0.2, 0.25) is 12.3 Å². The fraction of sp³-hybridized carbons (Fsp3) is 0.438. The molecule has 0 radical (unpaired) electrons. The molecule has 0 saturated carbocycles. The first-order valence-corrected chi connectivity index (χ1v) is 7.54. The molecule has 1 aliphatic rings. The van der Waals surface area contributed by atoms with Gasteiger partial charge in [-0.25, -0.2) is 4.79 Å². The van der Waals surface area contributed by atoms with Gasteiger partial charge in [0.25, 0.3) is 0 Å². The molecule has 22 heavy (non-hydrogen) atoms. The van der Waals surface area contributed by atoms with E-state index < -0.39 is 0 Å². The Balaban J connectivity index is 1.70. The van der Waals surface area contributed by atoms with Crippen LogP contribution in [0.15, 0.2) is 35.1 Å². The first kappa shape index (κ1) is 14.6. The van der Waals surface area contributed by atoms with Crippen molar-refractivity contribution in [2.24, 2.45) is 11.8 Å². The van der Waals surface area contributed by atoms with Crippen molar-refractivity contribution in [3.05, 3.63) is 30.7 Å². The normalized spacial score (nSPS) is 21.6. The van der Waals surface area contributed by atoms with Gasteiger partial charge < -0.3 is 14.6 Å². The number of aromatic nitrogens is 2. The van der Waals surface area contributed by atoms with E-state index in [0.29, 0.717) is 17.7 Å². The van der Waals surface area contributed by atoms with Crippen LogP contribution in [0.3, 0.4) is 0 Å². The van der Waals surface area contributed by atoms with Gasteiger partial charge >= 0.3 is 6.03 Å². The number of amides is 2. The summed E-state index contributed by atoms with van der Waals surface area (Å²) < 4.78 is 5.18. The smallest absolute Gasteiger partial charge is 0.321 e. The van der Waals surface area contributed by atoms with Gasteiger partial charge in [0.1, 0.15) is 0 Å². The molecule has 1 aromatic carbocycles. The Morgan fingerprint density at radius 2 is 2.09 bits per heavy atom. The Bertz CT molecular complexity index is 631. The second-order valence-corrected chi connectivity index (χ2v) is 6.11. The first-order valence-electron chi connectivity index (χ1n) is 7.54. The summed E-state index contributed by atoms with van der Waals surface area (Å²) in [4.78, 5) is 14.3. The lowest BCUT2D eigenvalue weighted by Crippen LogP contribution is -2.44. The van der Waals surface area contributed by atoms with Gasteiger partial charge in [-0.15, -0.1) is 10.2 Å². The second-order valence-electron chi connectivity index (χ2n) is 6.11. The molecule has 2 heterocycles. The van der Waals surface area contributed by atoms with Crippen molar-refractivity contribution in [3.63, 3.8) is 0 Å². The molecule has 3 rings (SSSR count). The van der Waals surface area contributed by atoms with Crippen LogP contribution in [0.5, 0.6) is 0 Å². The molecule has 0 spiro atoms. The third-order valence-corrected chi connectivity index (χ3v) is 3.88. The molecule has 1 saturated heterocycles. The molecule has 2 amide bonds. The van der Waals surface area contributed by atoms with Gasteiger partial charge in [-0.05, 0) is 36.5 Å². The molecule has 116 valence electrons. The molecule has 6 nitrogen and oxygen atoms in total. The Morgan fingerprint density at radius 3 is 2.77 bits per heavy atom. The molecule has 0 bridgehead atoms. The zero-order valence-electron chi connectivity index (χ0n) is 12.8. The zero-order valence-corrected chi connectivity index (χ0v) is 12.8. The summed E-state index contributed by atoms with van der Waals surface area (Å²) in [5.74, 6) is 1.52. The van der Waals surface area contributed by atoms with Crippen molar-refractivity contribution >= 4 is 11.7 Å². The SMILES string of the molecule is C[C@@H]1C[C@H](C)CN(C(=O)Nc2cccc(-c3nnco3)c2)C1. The van der Waals surface area contributed by atoms with Gasteiger partial charge in [0.05, 0.1) is 0 Å². The molecule has 2 atom stereocenters. The predicted octanol–water partition coefficient (Wildman–Crippen LogP) is 3.25. The molecule has 6 heteroatoms. The number of benzene rings is 1. The number of rotatable bonds is 2. The minimum Gasteiger partial charge on any atom is -0.423 e. The first-order chi connectivity index (χ1) is 10.6. The quantitative estimate of drug-likeness (QED) is 0.924. The van der Waals surface area contributed by atoms with E-state index in [0.717, 1.165) is 24.3 Å². The van der Waals surface area contributed by atoms with E-state index in [-0.39, 0.29) is 6.03 Å². The molecule has 1 aromatic heterocycles. The summed E-state index contributed by atoms with van der Waals surface area (Å²) in [5.41, 5.74) is 1.52. The van der Waals surface area contributed by atoms with Crippen molar-refractivity contribution in [3.8, 4) is 11.5 Å². The Kier molecular flexibility index (Phi) is 4.09. The highest BCUT2D eigenvalue weighted by Gasteiger charge is 2.25. The number of likely N-dealkylation sites (tertiary alicyclic amines) is 1. The Labute approximate surface area is 129 Å². The van der Waals surface area contributed by atoms with Crippen LogP contribution in [0.25, 0.3) is 11.5 Å². The molecular formula is C16H20N4O2. The fourth-order valence-electron chi connectivity index (χ4n) is 3.06. The van der Waals surface area contributed by atoms with Gasteiger partial charge in [0.15, 0.2) is 0 Å². The van der Waals surface area contributed by atoms with E-state index in [9.17, 15) is 4.79 Å².